The Bertz CT molecular complexity index is 826. The normalized spacial score (nSPS) is 11.4. The third-order valence-electron chi connectivity index (χ3n) is 3.04. The van der Waals surface area contributed by atoms with Gasteiger partial charge in [-0.1, -0.05) is 12.1 Å². The lowest BCUT2D eigenvalue weighted by molar-refractivity contribution is -0.136. The average molecular weight is 307 g/mol. The van der Waals surface area contributed by atoms with Crippen LogP contribution in [0.5, 0.6) is 0 Å². The molecule has 6 nitrogen and oxygen atoms in total. The van der Waals surface area contributed by atoms with Crippen LogP contribution in [0.3, 0.4) is 0 Å². The van der Waals surface area contributed by atoms with Gasteiger partial charge in [-0.15, -0.1) is 0 Å². The summed E-state index contributed by atoms with van der Waals surface area (Å²) in [7, 11) is -3.65. The fourth-order valence-corrected chi connectivity index (χ4v) is 3.17. The quantitative estimate of drug-likeness (QED) is 0.861. The summed E-state index contributed by atoms with van der Waals surface area (Å²) in [5.41, 5.74) is 5.52. The molecular formula is C14H13NO5S. The number of benzene rings is 2. The Morgan fingerprint density at radius 3 is 2.29 bits per heavy atom. The number of fused-ring (bicyclic) bond motifs is 1. The van der Waals surface area contributed by atoms with Gasteiger partial charge in [-0.2, -0.15) is 0 Å². The summed E-state index contributed by atoms with van der Waals surface area (Å²) in [5, 5.41) is 9.89. The molecule has 2 aromatic carbocycles. The number of amides is 1. The van der Waals surface area contributed by atoms with Crippen molar-refractivity contribution in [1.29, 1.82) is 0 Å². The van der Waals surface area contributed by atoms with E-state index >= 15 is 0 Å². The molecule has 0 aromatic heterocycles. The Labute approximate surface area is 121 Å². The standard InChI is InChI=1S/C14H13NO5S/c15-14(18)11-2-1-10-8-12(4-3-9(10)7-11)21(19,20)6-5-13(16)17/h1-4,7-8H,5-6H2,(H2,15,18)(H,16,17). The maximum atomic E-state index is 12.0. The Morgan fingerprint density at radius 1 is 1.05 bits per heavy atom. The van der Waals surface area contributed by atoms with Gasteiger partial charge in [-0.25, -0.2) is 8.42 Å². The van der Waals surface area contributed by atoms with Crippen molar-refractivity contribution >= 4 is 32.5 Å². The van der Waals surface area contributed by atoms with Crippen molar-refractivity contribution in [2.24, 2.45) is 5.73 Å². The van der Waals surface area contributed by atoms with E-state index in [1.54, 1.807) is 18.2 Å². The maximum absolute atomic E-state index is 12.0. The number of sulfone groups is 1. The molecule has 0 saturated carbocycles. The highest BCUT2D eigenvalue weighted by Crippen LogP contribution is 2.21. The summed E-state index contributed by atoms with van der Waals surface area (Å²) >= 11 is 0. The summed E-state index contributed by atoms with van der Waals surface area (Å²) in [4.78, 5) is 21.6. The minimum Gasteiger partial charge on any atom is -0.481 e. The topological polar surface area (TPSA) is 115 Å². The maximum Gasteiger partial charge on any atom is 0.304 e. The first-order valence-electron chi connectivity index (χ1n) is 6.08. The monoisotopic (exact) mass is 307 g/mol. The second-order valence-corrected chi connectivity index (χ2v) is 6.66. The van der Waals surface area contributed by atoms with Gasteiger partial charge in [-0.3, -0.25) is 9.59 Å². The first-order chi connectivity index (χ1) is 9.79. The molecule has 0 saturated heterocycles. The Kier molecular flexibility index (Phi) is 3.95. The minimum absolute atomic E-state index is 0.0584. The summed E-state index contributed by atoms with van der Waals surface area (Å²) < 4.78 is 24.0. The van der Waals surface area contributed by atoms with E-state index < -0.39 is 33.9 Å². The molecule has 0 aliphatic heterocycles. The molecule has 0 radical (unpaired) electrons. The lowest BCUT2D eigenvalue weighted by atomic mass is 10.1. The van der Waals surface area contributed by atoms with Crippen molar-refractivity contribution in [3.8, 4) is 0 Å². The number of carbonyl (C=O) groups excluding carboxylic acids is 1. The van der Waals surface area contributed by atoms with Crippen LogP contribution < -0.4 is 5.73 Å². The van der Waals surface area contributed by atoms with E-state index in [0.717, 1.165) is 0 Å². The molecule has 0 aliphatic carbocycles. The lowest BCUT2D eigenvalue weighted by Gasteiger charge is -2.06. The fraction of sp³-hybridized carbons (Fsp3) is 0.143. The zero-order valence-corrected chi connectivity index (χ0v) is 11.8. The number of aliphatic carboxylic acids is 1. The largest absolute Gasteiger partial charge is 0.481 e. The molecule has 0 spiro atoms. The van der Waals surface area contributed by atoms with Crippen molar-refractivity contribution in [3.05, 3.63) is 42.0 Å². The smallest absolute Gasteiger partial charge is 0.304 e. The lowest BCUT2D eigenvalue weighted by Crippen LogP contribution is -2.11. The fourth-order valence-electron chi connectivity index (χ4n) is 1.91. The van der Waals surface area contributed by atoms with Crippen LogP contribution in [-0.4, -0.2) is 31.2 Å². The zero-order valence-electron chi connectivity index (χ0n) is 10.9. The van der Waals surface area contributed by atoms with Gasteiger partial charge in [0.05, 0.1) is 17.1 Å². The molecule has 2 rings (SSSR count). The Balaban J connectivity index is 2.41. The van der Waals surface area contributed by atoms with Gasteiger partial charge in [0.15, 0.2) is 9.84 Å². The van der Waals surface area contributed by atoms with Gasteiger partial charge < -0.3 is 10.8 Å². The van der Waals surface area contributed by atoms with Crippen molar-refractivity contribution < 1.29 is 23.1 Å². The number of primary amides is 1. The van der Waals surface area contributed by atoms with Crippen LogP contribution in [0, 0.1) is 0 Å². The molecule has 21 heavy (non-hydrogen) atoms. The number of carboxylic acids is 1. The average Bonchev–Trinajstić information content (AvgIpc) is 2.44. The van der Waals surface area contributed by atoms with Crippen molar-refractivity contribution in [1.82, 2.24) is 0 Å². The van der Waals surface area contributed by atoms with Gasteiger partial charge in [0.1, 0.15) is 0 Å². The van der Waals surface area contributed by atoms with Gasteiger partial charge in [0.2, 0.25) is 5.91 Å². The predicted octanol–water partition coefficient (Wildman–Crippen LogP) is 1.19. The van der Waals surface area contributed by atoms with E-state index in [9.17, 15) is 18.0 Å². The number of carboxylic acid groups (broad SMARTS) is 1. The first kappa shape index (κ1) is 15.0. The van der Waals surface area contributed by atoms with Crippen LogP contribution in [-0.2, 0) is 14.6 Å². The third kappa shape index (κ3) is 3.38. The molecular weight excluding hydrogens is 294 g/mol. The second-order valence-electron chi connectivity index (χ2n) is 4.55. The van der Waals surface area contributed by atoms with E-state index in [1.165, 1.54) is 18.2 Å². The Morgan fingerprint density at radius 2 is 1.67 bits per heavy atom. The van der Waals surface area contributed by atoms with Crippen molar-refractivity contribution in [2.75, 3.05) is 5.75 Å². The number of carbonyl (C=O) groups is 2. The molecule has 3 N–H and O–H groups in total. The highest BCUT2D eigenvalue weighted by atomic mass is 32.2. The third-order valence-corrected chi connectivity index (χ3v) is 4.75. The molecule has 0 fully saturated rings. The van der Waals surface area contributed by atoms with Crippen molar-refractivity contribution in [3.63, 3.8) is 0 Å². The van der Waals surface area contributed by atoms with Crippen LogP contribution in [0.15, 0.2) is 41.3 Å². The summed E-state index contributed by atoms with van der Waals surface area (Å²) in [6, 6.07) is 9.10. The van der Waals surface area contributed by atoms with Crippen LogP contribution >= 0.6 is 0 Å². The number of hydrogen-bond donors (Lipinski definition) is 2. The first-order valence-corrected chi connectivity index (χ1v) is 7.73. The molecule has 110 valence electrons. The van der Waals surface area contributed by atoms with Gasteiger partial charge in [0.25, 0.3) is 0 Å². The second kappa shape index (κ2) is 5.53. The zero-order chi connectivity index (χ0) is 15.6. The summed E-state index contributed by atoms with van der Waals surface area (Å²) in [6.45, 7) is 0. The van der Waals surface area contributed by atoms with Crippen LogP contribution in [0.25, 0.3) is 10.8 Å². The SMILES string of the molecule is NC(=O)c1ccc2cc(S(=O)(=O)CCC(=O)O)ccc2c1. The molecule has 0 heterocycles. The number of rotatable bonds is 5. The van der Waals surface area contributed by atoms with E-state index in [-0.39, 0.29) is 4.90 Å². The highest BCUT2D eigenvalue weighted by molar-refractivity contribution is 7.91. The van der Waals surface area contributed by atoms with E-state index in [2.05, 4.69) is 0 Å². The number of nitrogens with two attached hydrogens (primary N) is 1. The van der Waals surface area contributed by atoms with E-state index in [1.807, 2.05) is 0 Å². The van der Waals surface area contributed by atoms with Crippen LogP contribution in [0.4, 0.5) is 0 Å². The van der Waals surface area contributed by atoms with E-state index in [0.29, 0.717) is 16.3 Å². The molecule has 0 atom stereocenters. The molecule has 1 amide bonds. The summed E-state index contributed by atoms with van der Waals surface area (Å²) in [5.74, 6) is -2.17. The van der Waals surface area contributed by atoms with Crippen molar-refractivity contribution in [2.45, 2.75) is 11.3 Å². The van der Waals surface area contributed by atoms with Gasteiger partial charge in [-0.05, 0) is 35.0 Å². The molecule has 0 unspecified atom stereocenters. The Hall–Kier alpha value is -2.41. The van der Waals surface area contributed by atoms with Gasteiger partial charge in [0, 0.05) is 5.56 Å². The highest BCUT2D eigenvalue weighted by Gasteiger charge is 2.16. The number of hydrogen-bond acceptors (Lipinski definition) is 4. The molecule has 2 aromatic rings. The summed E-state index contributed by atoms with van der Waals surface area (Å²) in [6.07, 6.45) is -0.443. The minimum atomic E-state index is -3.65. The van der Waals surface area contributed by atoms with Gasteiger partial charge >= 0.3 is 5.97 Å². The van der Waals surface area contributed by atoms with Crippen LogP contribution in [0.2, 0.25) is 0 Å². The van der Waals surface area contributed by atoms with E-state index in [4.69, 9.17) is 10.8 Å². The molecule has 7 heteroatoms. The molecule has 0 bridgehead atoms. The molecule has 0 aliphatic rings. The predicted molar refractivity (Wildman–Crippen MR) is 76.8 cm³/mol. The van der Waals surface area contributed by atoms with Crippen LogP contribution in [0.1, 0.15) is 16.8 Å².